The molecule has 0 atom stereocenters. The normalized spacial score (nSPS) is 10.7. The van der Waals surface area contributed by atoms with Gasteiger partial charge in [-0.2, -0.15) is 4.57 Å². The summed E-state index contributed by atoms with van der Waals surface area (Å²) in [6, 6.07) is 23.3. The molecule has 106 valence electrons. The highest BCUT2D eigenvalue weighted by atomic mass is 35.5. The van der Waals surface area contributed by atoms with E-state index in [1.54, 1.807) is 0 Å². The molecule has 0 saturated carbocycles. The molecule has 2 aromatic carbocycles. The highest BCUT2D eigenvalue weighted by Crippen LogP contribution is 2.12. The van der Waals surface area contributed by atoms with E-state index in [4.69, 9.17) is 0 Å². The fraction of sp³-hybridized carbons (Fsp3) is 0.105. The maximum atomic E-state index is 2.34. The number of halogens is 1. The third-order valence-corrected chi connectivity index (χ3v) is 3.54. The van der Waals surface area contributed by atoms with Crippen molar-refractivity contribution in [2.75, 3.05) is 0 Å². The number of fused-ring (bicyclic) bond motifs is 1. The topological polar surface area (TPSA) is 3.88 Å². The number of para-hydroxylation sites is 1. The van der Waals surface area contributed by atoms with Gasteiger partial charge in [-0.15, -0.1) is 0 Å². The van der Waals surface area contributed by atoms with Crippen LogP contribution < -0.4 is 17.0 Å². The lowest BCUT2D eigenvalue weighted by Gasteiger charge is -2.02. The summed E-state index contributed by atoms with van der Waals surface area (Å²) < 4.78 is 2.34. The second-order valence-electron chi connectivity index (χ2n) is 4.81. The molecule has 3 aromatic rings. The van der Waals surface area contributed by atoms with E-state index in [0.29, 0.717) is 0 Å². The number of aryl methyl sites for hydroxylation is 1. The SMILES string of the molecule is CC[n+]1c(C=Cc2ccccc2)ccc2ccccc21.[Cl-]. The van der Waals surface area contributed by atoms with E-state index in [0.717, 1.165) is 6.54 Å². The van der Waals surface area contributed by atoms with Crippen LogP contribution in [0, 0.1) is 0 Å². The van der Waals surface area contributed by atoms with Gasteiger partial charge in [-0.1, -0.05) is 42.5 Å². The Morgan fingerprint density at radius 3 is 2.29 bits per heavy atom. The predicted molar refractivity (Wildman–Crippen MR) is 85.2 cm³/mol. The number of hydrogen-bond acceptors (Lipinski definition) is 0. The number of nitrogens with zero attached hydrogens (tertiary/aromatic N) is 1. The zero-order valence-electron chi connectivity index (χ0n) is 12.0. The van der Waals surface area contributed by atoms with E-state index in [-0.39, 0.29) is 12.4 Å². The number of aromatic nitrogens is 1. The van der Waals surface area contributed by atoms with Gasteiger partial charge in [-0.3, -0.25) is 0 Å². The smallest absolute Gasteiger partial charge is 0.212 e. The van der Waals surface area contributed by atoms with Crippen LogP contribution in [0.1, 0.15) is 18.2 Å². The van der Waals surface area contributed by atoms with Gasteiger partial charge in [0.15, 0.2) is 0 Å². The first kappa shape index (κ1) is 15.3. The van der Waals surface area contributed by atoms with Crippen LogP contribution in [-0.4, -0.2) is 0 Å². The third kappa shape index (κ3) is 3.32. The summed E-state index contributed by atoms with van der Waals surface area (Å²) in [4.78, 5) is 0. The van der Waals surface area contributed by atoms with Gasteiger partial charge in [-0.25, -0.2) is 0 Å². The number of rotatable bonds is 3. The molecule has 1 heterocycles. The number of pyridine rings is 1. The fourth-order valence-electron chi connectivity index (χ4n) is 2.52. The molecule has 0 aliphatic heterocycles. The molecule has 0 bridgehead atoms. The second kappa shape index (κ2) is 7.05. The average molecular weight is 296 g/mol. The molecule has 0 amide bonds. The molecule has 0 aliphatic rings. The van der Waals surface area contributed by atoms with Crippen LogP contribution in [0.4, 0.5) is 0 Å². The molecule has 0 radical (unpaired) electrons. The summed E-state index contributed by atoms with van der Waals surface area (Å²) in [6.45, 7) is 3.15. The highest BCUT2D eigenvalue weighted by molar-refractivity contribution is 5.77. The zero-order valence-corrected chi connectivity index (χ0v) is 12.8. The maximum Gasteiger partial charge on any atom is 0.212 e. The molecule has 1 aromatic heterocycles. The number of hydrogen-bond donors (Lipinski definition) is 0. The van der Waals surface area contributed by atoms with Crippen molar-refractivity contribution in [1.29, 1.82) is 0 Å². The third-order valence-electron chi connectivity index (χ3n) is 3.54. The Morgan fingerprint density at radius 1 is 0.810 bits per heavy atom. The van der Waals surface area contributed by atoms with Crippen molar-refractivity contribution in [3.63, 3.8) is 0 Å². The van der Waals surface area contributed by atoms with Gasteiger partial charge < -0.3 is 12.4 Å². The van der Waals surface area contributed by atoms with Crippen LogP contribution in [0.15, 0.2) is 66.7 Å². The zero-order chi connectivity index (χ0) is 13.8. The first-order valence-electron chi connectivity index (χ1n) is 7.03. The lowest BCUT2D eigenvalue weighted by molar-refractivity contribution is -0.669. The summed E-state index contributed by atoms with van der Waals surface area (Å²) in [7, 11) is 0. The molecule has 1 nitrogen and oxygen atoms in total. The van der Waals surface area contributed by atoms with Crippen LogP contribution in [-0.2, 0) is 6.54 Å². The van der Waals surface area contributed by atoms with Crippen molar-refractivity contribution >= 4 is 23.1 Å². The van der Waals surface area contributed by atoms with Gasteiger partial charge in [0, 0.05) is 23.6 Å². The molecule has 2 heteroatoms. The molecular formula is C19H18ClN. The summed E-state index contributed by atoms with van der Waals surface area (Å²) in [5.74, 6) is 0. The van der Waals surface area contributed by atoms with Crippen LogP contribution in [0.25, 0.3) is 23.1 Å². The van der Waals surface area contributed by atoms with Gasteiger partial charge in [0.2, 0.25) is 11.2 Å². The lowest BCUT2D eigenvalue weighted by atomic mass is 10.1. The molecule has 0 N–H and O–H groups in total. The summed E-state index contributed by atoms with van der Waals surface area (Å²) in [6.07, 6.45) is 4.35. The lowest BCUT2D eigenvalue weighted by Crippen LogP contribution is -3.00. The minimum Gasteiger partial charge on any atom is -1.00 e. The quantitative estimate of drug-likeness (QED) is 0.642. The first-order valence-corrected chi connectivity index (χ1v) is 7.03. The van der Waals surface area contributed by atoms with E-state index in [9.17, 15) is 0 Å². The Morgan fingerprint density at radius 2 is 1.52 bits per heavy atom. The summed E-state index contributed by atoms with van der Waals surface area (Å²) in [5, 5.41) is 1.28. The Hall–Kier alpha value is -2.12. The van der Waals surface area contributed by atoms with Crippen molar-refractivity contribution in [2.24, 2.45) is 0 Å². The Kier molecular flexibility index (Phi) is 5.13. The molecule has 0 aliphatic carbocycles. The average Bonchev–Trinajstić information content (AvgIpc) is 2.53. The molecule has 3 rings (SSSR count). The molecule has 0 spiro atoms. The fourth-order valence-corrected chi connectivity index (χ4v) is 2.52. The van der Waals surface area contributed by atoms with Gasteiger partial charge in [0.05, 0.1) is 0 Å². The van der Waals surface area contributed by atoms with Crippen molar-refractivity contribution in [3.8, 4) is 0 Å². The first-order chi connectivity index (χ1) is 9.88. The molecular weight excluding hydrogens is 278 g/mol. The standard InChI is InChI=1S/C19H18N.ClH/c1-2-20-18(14-12-16-8-4-3-5-9-16)15-13-17-10-6-7-11-19(17)20;/h3-15H,2H2,1H3;1H/q+1;/p-1. The Balaban J connectivity index is 0.00000161. The van der Waals surface area contributed by atoms with E-state index in [2.05, 4.69) is 84.3 Å². The number of benzene rings is 2. The van der Waals surface area contributed by atoms with E-state index >= 15 is 0 Å². The molecule has 0 fully saturated rings. The van der Waals surface area contributed by atoms with Gasteiger partial charge in [0.1, 0.15) is 6.54 Å². The van der Waals surface area contributed by atoms with E-state index in [1.165, 1.54) is 22.2 Å². The van der Waals surface area contributed by atoms with Crippen LogP contribution in [0.2, 0.25) is 0 Å². The van der Waals surface area contributed by atoms with Gasteiger partial charge >= 0.3 is 0 Å². The monoisotopic (exact) mass is 295 g/mol. The second-order valence-corrected chi connectivity index (χ2v) is 4.81. The highest BCUT2D eigenvalue weighted by Gasteiger charge is 2.10. The molecule has 21 heavy (non-hydrogen) atoms. The van der Waals surface area contributed by atoms with Crippen molar-refractivity contribution < 1.29 is 17.0 Å². The van der Waals surface area contributed by atoms with Crippen molar-refractivity contribution in [2.45, 2.75) is 13.5 Å². The van der Waals surface area contributed by atoms with E-state index < -0.39 is 0 Å². The summed E-state index contributed by atoms with van der Waals surface area (Å²) >= 11 is 0. The van der Waals surface area contributed by atoms with Crippen molar-refractivity contribution in [1.82, 2.24) is 0 Å². The van der Waals surface area contributed by atoms with Crippen molar-refractivity contribution in [3.05, 3.63) is 78.0 Å². The largest absolute Gasteiger partial charge is 1.00 e. The minimum absolute atomic E-state index is 0. The Labute approximate surface area is 132 Å². The molecule has 0 unspecified atom stereocenters. The van der Waals surface area contributed by atoms with Crippen LogP contribution in [0.5, 0.6) is 0 Å². The van der Waals surface area contributed by atoms with E-state index in [1.807, 2.05) is 6.07 Å². The maximum absolute atomic E-state index is 2.34. The van der Waals surface area contributed by atoms with Crippen LogP contribution in [0.3, 0.4) is 0 Å². The van der Waals surface area contributed by atoms with Gasteiger partial charge in [0.25, 0.3) is 0 Å². The Bertz CT molecular complexity index is 748. The summed E-state index contributed by atoms with van der Waals surface area (Å²) in [5.41, 5.74) is 3.74. The predicted octanol–water partition coefficient (Wildman–Crippen LogP) is 1.32. The van der Waals surface area contributed by atoms with Crippen LogP contribution >= 0.6 is 0 Å². The van der Waals surface area contributed by atoms with Gasteiger partial charge in [-0.05, 0) is 30.7 Å². The molecule has 0 saturated heterocycles. The minimum atomic E-state index is 0.